The average Bonchev–Trinajstić information content (AvgIpc) is 2.61. The van der Waals surface area contributed by atoms with E-state index < -0.39 is 0 Å². The number of fused-ring (bicyclic) bond motifs is 1. The van der Waals surface area contributed by atoms with Crippen LogP contribution in [0.3, 0.4) is 0 Å². The maximum absolute atomic E-state index is 12.2. The van der Waals surface area contributed by atoms with E-state index in [1.165, 1.54) is 0 Å². The highest BCUT2D eigenvalue weighted by Crippen LogP contribution is 2.29. The van der Waals surface area contributed by atoms with Gasteiger partial charge in [-0.2, -0.15) is 10.2 Å². The van der Waals surface area contributed by atoms with E-state index in [0.717, 1.165) is 39.6 Å². The molecule has 0 saturated heterocycles. The standard InChI is InChI=1S/C22H25N3O/c1-5-23-22(26)17-7-6-15(4)20(12-17)16-8-9-19-18(11-16)13-24-25-21(19)10-14(2)3/h6-9,11-14H,5,10H2,1-4H3,(H,23,26). The molecule has 3 aromatic rings. The van der Waals surface area contributed by atoms with Crippen LogP contribution in [0.2, 0.25) is 0 Å². The summed E-state index contributed by atoms with van der Waals surface area (Å²) in [6, 6.07) is 12.2. The van der Waals surface area contributed by atoms with Crippen LogP contribution in [0.15, 0.2) is 42.6 Å². The Hall–Kier alpha value is -2.75. The molecule has 0 bridgehead atoms. The molecule has 0 saturated carbocycles. The maximum atomic E-state index is 12.2. The third-order valence-electron chi connectivity index (χ3n) is 4.49. The van der Waals surface area contributed by atoms with E-state index in [2.05, 4.69) is 54.5 Å². The molecule has 26 heavy (non-hydrogen) atoms. The van der Waals surface area contributed by atoms with Crippen LogP contribution in [-0.4, -0.2) is 22.6 Å². The van der Waals surface area contributed by atoms with Crippen molar-refractivity contribution in [2.75, 3.05) is 6.54 Å². The molecule has 0 fully saturated rings. The van der Waals surface area contributed by atoms with Crippen molar-refractivity contribution in [2.45, 2.75) is 34.1 Å². The van der Waals surface area contributed by atoms with Gasteiger partial charge in [-0.1, -0.05) is 32.0 Å². The molecule has 2 aromatic carbocycles. The summed E-state index contributed by atoms with van der Waals surface area (Å²) in [5.41, 5.74) is 5.02. The summed E-state index contributed by atoms with van der Waals surface area (Å²) in [6.07, 6.45) is 2.72. The first-order valence-electron chi connectivity index (χ1n) is 9.13. The molecule has 0 aliphatic carbocycles. The molecule has 0 unspecified atom stereocenters. The average molecular weight is 347 g/mol. The zero-order chi connectivity index (χ0) is 18.7. The first-order valence-corrected chi connectivity index (χ1v) is 9.13. The second-order valence-corrected chi connectivity index (χ2v) is 7.08. The molecule has 3 rings (SSSR count). The zero-order valence-corrected chi connectivity index (χ0v) is 15.8. The summed E-state index contributed by atoms with van der Waals surface area (Å²) in [5, 5.41) is 13.6. The molecule has 4 heteroatoms. The number of aromatic nitrogens is 2. The molecule has 134 valence electrons. The maximum Gasteiger partial charge on any atom is 0.251 e. The number of nitrogens with one attached hydrogen (secondary N) is 1. The van der Waals surface area contributed by atoms with Crippen LogP contribution in [0, 0.1) is 12.8 Å². The largest absolute Gasteiger partial charge is 0.352 e. The summed E-state index contributed by atoms with van der Waals surface area (Å²) >= 11 is 0. The Kier molecular flexibility index (Phi) is 5.31. The van der Waals surface area contributed by atoms with E-state index in [9.17, 15) is 4.79 Å². The molecule has 0 aliphatic heterocycles. The van der Waals surface area contributed by atoms with Crippen LogP contribution in [-0.2, 0) is 6.42 Å². The predicted molar refractivity (Wildman–Crippen MR) is 106 cm³/mol. The van der Waals surface area contributed by atoms with Crippen LogP contribution in [0.25, 0.3) is 21.9 Å². The van der Waals surface area contributed by atoms with Crippen molar-refractivity contribution >= 4 is 16.7 Å². The minimum Gasteiger partial charge on any atom is -0.352 e. The molecule has 4 nitrogen and oxygen atoms in total. The fourth-order valence-electron chi connectivity index (χ4n) is 3.19. The molecule has 0 aliphatic rings. The Morgan fingerprint density at radius 1 is 1.15 bits per heavy atom. The van der Waals surface area contributed by atoms with Gasteiger partial charge in [0, 0.05) is 22.9 Å². The SMILES string of the molecule is CCNC(=O)c1ccc(C)c(-c2ccc3c(CC(C)C)nncc3c2)c1. The van der Waals surface area contributed by atoms with Crippen molar-refractivity contribution in [3.8, 4) is 11.1 Å². The van der Waals surface area contributed by atoms with Gasteiger partial charge in [-0.05, 0) is 61.1 Å². The number of hydrogen-bond acceptors (Lipinski definition) is 3. The first-order chi connectivity index (χ1) is 12.5. The normalized spacial score (nSPS) is 11.1. The van der Waals surface area contributed by atoms with Crippen molar-refractivity contribution in [3.63, 3.8) is 0 Å². The van der Waals surface area contributed by atoms with Crippen LogP contribution >= 0.6 is 0 Å². The summed E-state index contributed by atoms with van der Waals surface area (Å²) in [6.45, 7) is 8.98. The van der Waals surface area contributed by atoms with Crippen molar-refractivity contribution in [1.82, 2.24) is 15.5 Å². The molecule has 1 amide bonds. The number of nitrogens with zero attached hydrogens (tertiary/aromatic N) is 2. The smallest absolute Gasteiger partial charge is 0.251 e. The highest BCUT2D eigenvalue weighted by molar-refractivity contribution is 5.96. The number of carbonyl (C=O) groups is 1. The minimum absolute atomic E-state index is 0.0420. The fourth-order valence-corrected chi connectivity index (χ4v) is 3.19. The molecular formula is C22H25N3O. The van der Waals surface area contributed by atoms with Gasteiger partial charge in [0.15, 0.2) is 0 Å². The zero-order valence-electron chi connectivity index (χ0n) is 15.8. The second kappa shape index (κ2) is 7.65. The van der Waals surface area contributed by atoms with Crippen LogP contribution in [0.1, 0.15) is 42.4 Å². The summed E-state index contributed by atoms with van der Waals surface area (Å²) < 4.78 is 0. The highest BCUT2D eigenvalue weighted by atomic mass is 16.1. The van der Waals surface area contributed by atoms with Gasteiger partial charge in [0.25, 0.3) is 5.91 Å². The quantitative estimate of drug-likeness (QED) is 0.736. The Balaban J connectivity index is 2.06. The minimum atomic E-state index is -0.0420. The molecule has 0 atom stereocenters. The van der Waals surface area contributed by atoms with Crippen LogP contribution in [0.4, 0.5) is 0 Å². The highest BCUT2D eigenvalue weighted by Gasteiger charge is 2.11. The predicted octanol–water partition coefficient (Wildman–Crippen LogP) is 4.55. The Morgan fingerprint density at radius 2 is 1.96 bits per heavy atom. The van der Waals surface area contributed by atoms with E-state index in [1.54, 1.807) is 0 Å². The second-order valence-electron chi connectivity index (χ2n) is 7.08. The molecule has 1 aromatic heterocycles. The lowest BCUT2D eigenvalue weighted by Crippen LogP contribution is -2.22. The van der Waals surface area contributed by atoms with Gasteiger partial charge in [-0.25, -0.2) is 0 Å². The summed E-state index contributed by atoms with van der Waals surface area (Å²) in [7, 11) is 0. The third-order valence-corrected chi connectivity index (χ3v) is 4.49. The Labute approximate surface area is 154 Å². The summed E-state index contributed by atoms with van der Waals surface area (Å²) in [4.78, 5) is 12.2. The van der Waals surface area contributed by atoms with Crippen molar-refractivity contribution in [1.29, 1.82) is 0 Å². The van der Waals surface area contributed by atoms with E-state index in [0.29, 0.717) is 18.0 Å². The number of benzene rings is 2. The van der Waals surface area contributed by atoms with E-state index in [4.69, 9.17) is 0 Å². The van der Waals surface area contributed by atoms with Gasteiger partial charge in [-0.15, -0.1) is 0 Å². The van der Waals surface area contributed by atoms with Gasteiger partial charge in [0.2, 0.25) is 0 Å². The van der Waals surface area contributed by atoms with Gasteiger partial charge in [0.1, 0.15) is 0 Å². The molecule has 0 radical (unpaired) electrons. The van der Waals surface area contributed by atoms with Gasteiger partial charge >= 0.3 is 0 Å². The fraction of sp³-hybridized carbons (Fsp3) is 0.318. The number of amides is 1. The summed E-state index contributed by atoms with van der Waals surface area (Å²) in [5.74, 6) is 0.491. The molecule has 1 heterocycles. The van der Waals surface area contributed by atoms with Gasteiger partial charge in [-0.3, -0.25) is 4.79 Å². The van der Waals surface area contributed by atoms with Crippen molar-refractivity contribution in [2.24, 2.45) is 5.92 Å². The first kappa shape index (κ1) is 18.1. The lowest BCUT2D eigenvalue weighted by molar-refractivity contribution is 0.0956. The number of aryl methyl sites for hydroxylation is 1. The Morgan fingerprint density at radius 3 is 2.69 bits per heavy atom. The number of carbonyl (C=O) groups excluding carboxylic acids is 1. The number of hydrogen-bond donors (Lipinski definition) is 1. The van der Waals surface area contributed by atoms with Crippen molar-refractivity contribution < 1.29 is 4.79 Å². The Bertz CT molecular complexity index is 947. The lowest BCUT2D eigenvalue weighted by atomic mass is 9.95. The monoisotopic (exact) mass is 347 g/mol. The topological polar surface area (TPSA) is 54.9 Å². The van der Waals surface area contributed by atoms with Gasteiger partial charge < -0.3 is 5.32 Å². The third kappa shape index (κ3) is 3.74. The van der Waals surface area contributed by atoms with Crippen LogP contribution < -0.4 is 5.32 Å². The van der Waals surface area contributed by atoms with Gasteiger partial charge in [0.05, 0.1) is 11.9 Å². The van der Waals surface area contributed by atoms with Crippen LogP contribution in [0.5, 0.6) is 0 Å². The van der Waals surface area contributed by atoms with Crippen molar-refractivity contribution in [3.05, 3.63) is 59.4 Å². The molecular weight excluding hydrogens is 322 g/mol. The van der Waals surface area contributed by atoms with E-state index in [-0.39, 0.29) is 5.91 Å². The lowest BCUT2D eigenvalue weighted by Gasteiger charge is -2.12. The van der Waals surface area contributed by atoms with E-state index >= 15 is 0 Å². The number of rotatable bonds is 5. The molecule has 0 spiro atoms. The molecule has 1 N–H and O–H groups in total. The van der Waals surface area contributed by atoms with E-state index in [1.807, 2.05) is 31.3 Å².